The molecule has 2 nitrogen and oxygen atoms in total. The third-order valence-corrected chi connectivity index (χ3v) is 4.97. The summed E-state index contributed by atoms with van der Waals surface area (Å²) in [7, 11) is 2.67. The SMILES string of the molecule is C=CC[Si](C)(NC)NC. The molecule has 0 aromatic heterocycles. The van der Waals surface area contributed by atoms with E-state index in [0.29, 0.717) is 0 Å². The lowest BCUT2D eigenvalue weighted by molar-refractivity contribution is 1.01. The Hall–Kier alpha value is -0.123. The normalized spacial score (nSPS) is 11.4. The van der Waals surface area contributed by atoms with Crippen LogP contribution in [-0.4, -0.2) is 22.5 Å². The summed E-state index contributed by atoms with van der Waals surface area (Å²) >= 11 is 0. The number of hydrogen-bond donors (Lipinski definition) is 2. The first-order chi connectivity index (χ1) is 4.18. The van der Waals surface area contributed by atoms with Gasteiger partial charge in [0, 0.05) is 0 Å². The number of nitrogens with one attached hydrogen (secondary N) is 2. The molecule has 54 valence electrons. The molecule has 0 aliphatic rings. The van der Waals surface area contributed by atoms with Crippen molar-refractivity contribution in [3.63, 3.8) is 0 Å². The lowest BCUT2D eigenvalue weighted by atomic mass is 10.8. The molecule has 0 radical (unpaired) electrons. The summed E-state index contributed by atoms with van der Waals surface area (Å²) < 4.78 is 0. The molecule has 2 N–H and O–H groups in total. The highest BCUT2D eigenvalue weighted by Gasteiger charge is 2.20. The highest BCUT2D eigenvalue weighted by Crippen LogP contribution is 1.98. The molecule has 9 heavy (non-hydrogen) atoms. The van der Waals surface area contributed by atoms with Crippen LogP contribution in [0.4, 0.5) is 0 Å². The van der Waals surface area contributed by atoms with E-state index in [0.717, 1.165) is 6.04 Å². The Morgan fingerprint density at radius 1 is 1.44 bits per heavy atom. The minimum absolute atomic E-state index is 1.07. The molecular weight excluding hydrogens is 128 g/mol. The highest BCUT2D eigenvalue weighted by molar-refractivity contribution is 6.74. The van der Waals surface area contributed by atoms with Crippen LogP contribution in [0.2, 0.25) is 12.6 Å². The minimum atomic E-state index is -1.32. The van der Waals surface area contributed by atoms with Crippen molar-refractivity contribution in [1.29, 1.82) is 0 Å². The highest BCUT2D eigenvalue weighted by atomic mass is 28.3. The summed E-state index contributed by atoms with van der Waals surface area (Å²) in [5.74, 6) is 0. The van der Waals surface area contributed by atoms with Crippen molar-refractivity contribution in [2.75, 3.05) is 14.1 Å². The molecule has 0 saturated heterocycles. The maximum Gasteiger partial charge on any atom is 0.201 e. The van der Waals surface area contributed by atoms with Gasteiger partial charge in [0.1, 0.15) is 0 Å². The second kappa shape index (κ2) is 3.82. The number of hydrogen-bond acceptors (Lipinski definition) is 2. The van der Waals surface area contributed by atoms with Crippen LogP contribution in [0.1, 0.15) is 0 Å². The van der Waals surface area contributed by atoms with E-state index in [1.807, 2.05) is 20.2 Å². The van der Waals surface area contributed by atoms with Crippen LogP contribution in [0.3, 0.4) is 0 Å². The molecule has 3 heteroatoms. The first-order valence-electron chi connectivity index (χ1n) is 3.17. The molecule has 0 amide bonds. The molecule has 0 bridgehead atoms. The first-order valence-corrected chi connectivity index (χ1v) is 5.88. The van der Waals surface area contributed by atoms with Gasteiger partial charge in [0.2, 0.25) is 8.40 Å². The van der Waals surface area contributed by atoms with E-state index in [9.17, 15) is 0 Å². The molecule has 0 atom stereocenters. The third kappa shape index (κ3) is 2.79. The van der Waals surface area contributed by atoms with Crippen molar-refractivity contribution in [3.8, 4) is 0 Å². The summed E-state index contributed by atoms with van der Waals surface area (Å²) in [4.78, 5) is 6.57. The van der Waals surface area contributed by atoms with Crippen molar-refractivity contribution in [1.82, 2.24) is 9.96 Å². The van der Waals surface area contributed by atoms with E-state index in [1.165, 1.54) is 0 Å². The number of allylic oxidation sites excluding steroid dienone is 1. The molecule has 0 aromatic carbocycles. The fourth-order valence-corrected chi connectivity index (χ4v) is 1.85. The van der Waals surface area contributed by atoms with E-state index in [4.69, 9.17) is 0 Å². The van der Waals surface area contributed by atoms with Gasteiger partial charge in [-0.25, -0.2) is 0 Å². The van der Waals surface area contributed by atoms with E-state index >= 15 is 0 Å². The van der Waals surface area contributed by atoms with E-state index in [-0.39, 0.29) is 0 Å². The molecule has 0 unspecified atom stereocenters. The maximum atomic E-state index is 3.70. The summed E-state index contributed by atoms with van der Waals surface area (Å²) in [6.07, 6.45) is 1.96. The minimum Gasteiger partial charge on any atom is -0.328 e. The predicted octanol–water partition coefficient (Wildman–Crippen LogP) is 0.683. The van der Waals surface area contributed by atoms with Gasteiger partial charge in [-0.3, -0.25) is 0 Å². The van der Waals surface area contributed by atoms with Gasteiger partial charge in [-0.05, 0) is 26.7 Å². The molecule has 0 aliphatic heterocycles. The zero-order valence-electron chi connectivity index (χ0n) is 6.49. The van der Waals surface area contributed by atoms with Gasteiger partial charge in [-0.2, -0.15) is 0 Å². The van der Waals surface area contributed by atoms with E-state index in [1.54, 1.807) is 0 Å². The number of rotatable bonds is 4. The fourth-order valence-electron chi connectivity index (χ4n) is 0.618. The molecule has 0 fully saturated rings. The molecular formula is C6H16N2Si. The topological polar surface area (TPSA) is 24.1 Å². The summed E-state index contributed by atoms with van der Waals surface area (Å²) in [5, 5.41) is 0. The van der Waals surface area contributed by atoms with E-state index in [2.05, 4.69) is 23.1 Å². The second-order valence-electron chi connectivity index (χ2n) is 2.32. The van der Waals surface area contributed by atoms with Gasteiger partial charge < -0.3 is 9.96 Å². The summed E-state index contributed by atoms with van der Waals surface area (Å²) in [6, 6.07) is 1.07. The Morgan fingerprint density at radius 3 is 2.00 bits per heavy atom. The quantitative estimate of drug-likeness (QED) is 0.448. The fraction of sp³-hybridized carbons (Fsp3) is 0.667. The Labute approximate surface area is 58.5 Å². The molecule has 0 spiro atoms. The second-order valence-corrected chi connectivity index (χ2v) is 6.40. The third-order valence-electron chi connectivity index (χ3n) is 1.66. The van der Waals surface area contributed by atoms with Crippen LogP contribution in [0.15, 0.2) is 12.7 Å². The predicted molar refractivity (Wildman–Crippen MR) is 44.7 cm³/mol. The van der Waals surface area contributed by atoms with Crippen LogP contribution in [0, 0.1) is 0 Å². The van der Waals surface area contributed by atoms with Gasteiger partial charge in [0.25, 0.3) is 0 Å². The summed E-state index contributed by atoms with van der Waals surface area (Å²) in [6.45, 7) is 5.93. The lowest BCUT2D eigenvalue weighted by Crippen LogP contribution is -2.56. The van der Waals surface area contributed by atoms with Gasteiger partial charge in [-0.1, -0.05) is 6.08 Å². The van der Waals surface area contributed by atoms with Gasteiger partial charge >= 0.3 is 0 Å². The standard InChI is InChI=1S/C6H16N2Si/c1-5-6-9(4,7-2)8-3/h5,7-8H,1,6H2,2-4H3. The smallest absolute Gasteiger partial charge is 0.201 e. The Kier molecular flexibility index (Phi) is 3.77. The zero-order valence-corrected chi connectivity index (χ0v) is 7.49. The molecule has 0 rings (SSSR count). The average molecular weight is 144 g/mol. The van der Waals surface area contributed by atoms with Crippen molar-refractivity contribution >= 4 is 8.40 Å². The van der Waals surface area contributed by atoms with Crippen LogP contribution in [0.5, 0.6) is 0 Å². The molecule has 0 saturated carbocycles. The van der Waals surface area contributed by atoms with Crippen LogP contribution < -0.4 is 9.96 Å². The van der Waals surface area contributed by atoms with Gasteiger partial charge in [0.15, 0.2) is 0 Å². The van der Waals surface area contributed by atoms with Crippen molar-refractivity contribution < 1.29 is 0 Å². The average Bonchev–Trinajstić information content (AvgIpc) is 1.89. The van der Waals surface area contributed by atoms with Crippen LogP contribution in [-0.2, 0) is 0 Å². The Morgan fingerprint density at radius 2 is 1.89 bits per heavy atom. The largest absolute Gasteiger partial charge is 0.328 e. The lowest BCUT2D eigenvalue weighted by Gasteiger charge is -2.23. The van der Waals surface area contributed by atoms with E-state index < -0.39 is 8.40 Å². The Balaban J connectivity index is 3.75. The summed E-state index contributed by atoms with van der Waals surface area (Å²) in [5.41, 5.74) is 0. The zero-order chi connectivity index (χ0) is 7.33. The van der Waals surface area contributed by atoms with Gasteiger partial charge in [0.05, 0.1) is 0 Å². The van der Waals surface area contributed by atoms with Crippen molar-refractivity contribution in [3.05, 3.63) is 12.7 Å². The van der Waals surface area contributed by atoms with Crippen LogP contribution >= 0.6 is 0 Å². The maximum absolute atomic E-state index is 3.70. The first kappa shape index (κ1) is 8.88. The van der Waals surface area contributed by atoms with Crippen molar-refractivity contribution in [2.45, 2.75) is 12.6 Å². The van der Waals surface area contributed by atoms with Crippen molar-refractivity contribution in [2.24, 2.45) is 0 Å². The molecule has 0 aromatic rings. The van der Waals surface area contributed by atoms with Gasteiger partial charge in [-0.15, -0.1) is 6.58 Å². The molecule has 0 heterocycles. The van der Waals surface area contributed by atoms with Crippen LogP contribution in [0.25, 0.3) is 0 Å². The monoisotopic (exact) mass is 144 g/mol. The Bertz CT molecular complexity index is 89.1. The molecule has 0 aliphatic carbocycles.